The lowest BCUT2D eigenvalue weighted by Crippen LogP contribution is -2.42. The summed E-state index contributed by atoms with van der Waals surface area (Å²) in [6.07, 6.45) is 2.44. The van der Waals surface area contributed by atoms with Gasteiger partial charge in [-0.25, -0.2) is 13.8 Å². The van der Waals surface area contributed by atoms with Crippen molar-refractivity contribution in [3.8, 4) is 0 Å². The van der Waals surface area contributed by atoms with Gasteiger partial charge in [-0.05, 0) is 55.2 Å². The van der Waals surface area contributed by atoms with Crippen LogP contribution in [0.3, 0.4) is 0 Å². The van der Waals surface area contributed by atoms with E-state index in [1.165, 1.54) is 18.2 Å². The Bertz CT molecular complexity index is 1250. The van der Waals surface area contributed by atoms with Crippen LogP contribution < -0.4 is 5.32 Å². The molecule has 5 rings (SSSR count). The Morgan fingerprint density at radius 2 is 1.83 bits per heavy atom. The number of piperidine rings is 1. The molecule has 2 aliphatic rings. The number of halogens is 2. The molecule has 35 heavy (non-hydrogen) atoms. The summed E-state index contributed by atoms with van der Waals surface area (Å²) in [5.74, 6) is -1.26. The third-order valence-electron chi connectivity index (χ3n) is 6.77. The molecule has 2 aromatic carbocycles. The lowest BCUT2D eigenvalue weighted by atomic mass is 9.95. The SMILES string of the molecule is Cc1ccc(NC(=O)C2CCN(C(=O)c3ncn4c3COC(c3ccc(F)cc3)C4)CC2)cc1F. The second-order valence-electron chi connectivity index (χ2n) is 9.06. The highest BCUT2D eigenvalue weighted by atomic mass is 19.1. The minimum absolute atomic E-state index is 0.167. The summed E-state index contributed by atoms with van der Waals surface area (Å²) < 4.78 is 34.8. The fourth-order valence-electron chi connectivity index (χ4n) is 4.59. The smallest absolute Gasteiger partial charge is 0.274 e. The number of anilines is 1. The van der Waals surface area contributed by atoms with Crippen LogP contribution in [0, 0.1) is 24.5 Å². The van der Waals surface area contributed by atoms with Crippen LogP contribution in [0.15, 0.2) is 48.8 Å². The molecule has 182 valence electrons. The fourth-order valence-corrected chi connectivity index (χ4v) is 4.59. The van der Waals surface area contributed by atoms with Gasteiger partial charge >= 0.3 is 0 Å². The van der Waals surface area contributed by atoms with Gasteiger partial charge < -0.3 is 19.5 Å². The third-order valence-corrected chi connectivity index (χ3v) is 6.77. The van der Waals surface area contributed by atoms with Crippen molar-refractivity contribution in [3.63, 3.8) is 0 Å². The largest absolute Gasteiger partial charge is 0.365 e. The highest BCUT2D eigenvalue weighted by molar-refractivity contribution is 5.95. The standard InChI is InChI=1S/C26H26F2N4O3/c1-16-2-7-20(12-21(16)28)30-25(33)18-8-10-31(11-9-18)26(34)24-22-14-35-23(13-32(22)15-29-24)17-3-5-19(27)6-4-17/h2-7,12,15,18,23H,8-11,13-14H2,1H3,(H,30,33). The van der Waals surface area contributed by atoms with Crippen LogP contribution in [0.1, 0.15) is 46.3 Å². The van der Waals surface area contributed by atoms with Crippen LogP contribution >= 0.6 is 0 Å². The molecule has 1 aromatic heterocycles. The number of ether oxygens (including phenoxy) is 1. The summed E-state index contributed by atoms with van der Waals surface area (Å²) in [7, 11) is 0. The minimum Gasteiger partial charge on any atom is -0.365 e. The van der Waals surface area contributed by atoms with E-state index < -0.39 is 0 Å². The topological polar surface area (TPSA) is 76.5 Å². The number of aryl methyl sites for hydroxylation is 1. The molecule has 3 heterocycles. The number of nitrogens with one attached hydrogen (secondary N) is 1. The minimum atomic E-state index is -0.361. The first-order chi connectivity index (χ1) is 16.9. The first-order valence-corrected chi connectivity index (χ1v) is 11.7. The molecule has 0 aliphatic carbocycles. The van der Waals surface area contributed by atoms with Crippen LogP contribution in [0.5, 0.6) is 0 Å². The molecule has 1 unspecified atom stereocenters. The van der Waals surface area contributed by atoms with Crippen molar-refractivity contribution in [2.24, 2.45) is 5.92 Å². The maximum atomic E-state index is 13.8. The van der Waals surface area contributed by atoms with Gasteiger partial charge in [0.2, 0.25) is 5.91 Å². The molecule has 0 spiro atoms. The molecule has 0 bridgehead atoms. The van der Waals surface area contributed by atoms with E-state index in [2.05, 4.69) is 10.3 Å². The predicted octanol–water partition coefficient (Wildman–Crippen LogP) is 4.23. The molecule has 0 saturated carbocycles. The van der Waals surface area contributed by atoms with E-state index in [4.69, 9.17) is 4.74 Å². The van der Waals surface area contributed by atoms with Crippen LogP contribution in [-0.4, -0.2) is 39.4 Å². The van der Waals surface area contributed by atoms with E-state index in [0.717, 1.165) is 11.3 Å². The first kappa shape index (κ1) is 23.2. The second-order valence-corrected chi connectivity index (χ2v) is 9.06. The number of nitrogens with zero attached hydrogens (tertiary/aromatic N) is 3. The van der Waals surface area contributed by atoms with Crippen molar-refractivity contribution in [3.05, 3.63) is 82.9 Å². The Hall–Kier alpha value is -3.59. The molecular formula is C26H26F2N4O3. The van der Waals surface area contributed by atoms with Gasteiger partial charge in [-0.2, -0.15) is 0 Å². The Morgan fingerprint density at radius 1 is 1.09 bits per heavy atom. The van der Waals surface area contributed by atoms with E-state index in [9.17, 15) is 18.4 Å². The maximum Gasteiger partial charge on any atom is 0.274 e. The van der Waals surface area contributed by atoms with Gasteiger partial charge in [-0.3, -0.25) is 9.59 Å². The zero-order valence-electron chi connectivity index (χ0n) is 19.3. The Balaban J connectivity index is 1.18. The summed E-state index contributed by atoms with van der Waals surface area (Å²) in [5, 5.41) is 2.78. The maximum absolute atomic E-state index is 13.8. The second kappa shape index (κ2) is 9.58. The van der Waals surface area contributed by atoms with Crippen molar-refractivity contribution in [2.45, 2.75) is 39.0 Å². The summed E-state index contributed by atoms with van der Waals surface area (Å²) in [5.41, 5.74) is 2.90. The van der Waals surface area contributed by atoms with E-state index in [1.54, 1.807) is 42.4 Å². The molecule has 1 N–H and O–H groups in total. The summed E-state index contributed by atoms with van der Waals surface area (Å²) in [6, 6.07) is 10.8. The normalized spacial score (nSPS) is 18.3. The fraction of sp³-hybridized carbons (Fsp3) is 0.346. The number of rotatable bonds is 4. The quantitative estimate of drug-likeness (QED) is 0.606. The predicted molar refractivity (Wildman–Crippen MR) is 125 cm³/mol. The van der Waals surface area contributed by atoms with Crippen LogP contribution in [0.25, 0.3) is 0 Å². The number of carbonyl (C=O) groups excluding carboxylic acids is 2. The van der Waals surface area contributed by atoms with E-state index in [0.29, 0.717) is 49.4 Å². The van der Waals surface area contributed by atoms with Gasteiger partial charge in [-0.1, -0.05) is 18.2 Å². The van der Waals surface area contributed by atoms with Crippen LogP contribution in [0.4, 0.5) is 14.5 Å². The number of hydrogen-bond donors (Lipinski definition) is 1. The number of fused-ring (bicyclic) bond motifs is 1. The number of amides is 2. The van der Waals surface area contributed by atoms with Crippen LogP contribution in [-0.2, 0) is 22.7 Å². The lowest BCUT2D eigenvalue weighted by molar-refractivity contribution is -0.121. The van der Waals surface area contributed by atoms with E-state index in [1.807, 2.05) is 4.57 Å². The van der Waals surface area contributed by atoms with E-state index >= 15 is 0 Å². The van der Waals surface area contributed by atoms with Crippen molar-refractivity contribution in [1.29, 1.82) is 0 Å². The van der Waals surface area contributed by atoms with Gasteiger partial charge in [0.15, 0.2) is 5.69 Å². The average molecular weight is 481 g/mol. The number of imidazole rings is 1. The van der Waals surface area contributed by atoms with Crippen molar-refractivity contribution in [2.75, 3.05) is 18.4 Å². The zero-order chi connectivity index (χ0) is 24.5. The zero-order valence-corrected chi connectivity index (χ0v) is 19.3. The highest BCUT2D eigenvalue weighted by Gasteiger charge is 2.32. The van der Waals surface area contributed by atoms with Crippen molar-refractivity contribution in [1.82, 2.24) is 14.5 Å². The number of hydrogen-bond acceptors (Lipinski definition) is 4. The molecule has 2 aliphatic heterocycles. The van der Waals surface area contributed by atoms with Crippen molar-refractivity contribution >= 4 is 17.5 Å². The molecule has 0 radical (unpaired) electrons. The Morgan fingerprint density at radius 3 is 2.54 bits per heavy atom. The Kier molecular flexibility index (Phi) is 6.34. The van der Waals surface area contributed by atoms with Gasteiger partial charge in [0.1, 0.15) is 17.7 Å². The average Bonchev–Trinajstić information content (AvgIpc) is 3.29. The summed E-state index contributed by atoms with van der Waals surface area (Å²) in [6.45, 7) is 3.26. The number of likely N-dealkylation sites (tertiary alicyclic amines) is 1. The molecule has 2 amide bonds. The summed E-state index contributed by atoms with van der Waals surface area (Å²) in [4.78, 5) is 31.9. The van der Waals surface area contributed by atoms with Crippen LogP contribution in [0.2, 0.25) is 0 Å². The Labute approximate surface area is 201 Å². The third kappa shape index (κ3) is 4.81. The monoisotopic (exact) mass is 480 g/mol. The summed E-state index contributed by atoms with van der Waals surface area (Å²) >= 11 is 0. The van der Waals surface area contributed by atoms with Gasteiger partial charge in [0, 0.05) is 24.7 Å². The first-order valence-electron chi connectivity index (χ1n) is 11.7. The molecule has 1 fully saturated rings. The number of benzene rings is 2. The van der Waals surface area contributed by atoms with Crippen molar-refractivity contribution < 1.29 is 23.1 Å². The van der Waals surface area contributed by atoms with E-state index in [-0.39, 0.29) is 42.1 Å². The number of carbonyl (C=O) groups is 2. The number of aromatic nitrogens is 2. The lowest BCUT2D eigenvalue weighted by Gasteiger charge is -2.31. The highest BCUT2D eigenvalue weighted by Crippen LogP contribution is 2.29. The van der Waals surface area contributed by atoms with Gasteiger partial charge in [-0.15, -0.1) is 0 Å². The molecule has 3 aromatic rings. The van der Waals surface area contributed by atoms with Gasteiger partial charge in [0.05, 0.1) is 25.2 Å². The van der Waals surface area contributed by atoms with Gasteiger partial charge in [0.25, 0.3) is 5.91 Å². The molecule has 1 atom stereocenters. The molecule has 7 nitrogen and oxygen atoms in total. The molecule has 9 heteroatoms. The molecular weight excluding hydrogens is 454 g/mol. The molecule has 1 saturated heterocycles.